The van der Waals surface area contributed by atoms with Crippen LogP contribution >= 0.6 is 15.9 Å². The Kier molecular flexibility index (Phi) is 3.87. The zero-order chi connectivity index (χ0) is 15.7. The zero-order valence-corrected chi connectivity index (χ0v) is 12.8. The molecular formula is C16H11BrO5. The number of rotatable bonds is 3. The first-order valence-corrected chi connectivity index (χ1v) is 7.22. The highest BCUT2D eigenvalue weighted by molar-refractivity contribution is 9.10. The Labute approximate surface area is 134 Å². The summed E-state index contributed by atoms with van der Waals surface area (Å²) in [7, 11) is 0. The Hall–Kier alpha value is -2.31. The van der Waals surface area contributed by atoms with Gasteiger partial charge in [-0.05, 0) is 46.3 Å². The zero-order valence-electron chi connectivity index (χ0n) is 11.2. The van der Waals surface area contributed by atoms with Gasteiger partial charge in [-0.3, -0.25) is 0 Å². The Morgan fingerprint density at radius 3 is 2.59 bits per heavy atom. The van der Waals surface area contributed by atoms with Gasteiger partial charge in [0.25, 0.3) is 0 Å². The van der Waals surface area contributed by atoms with Crippen LogP contribution < -0.4 is 9.47 Å². The standard InChI is InChI=1S/C16H11BrO5/c17-9-4-1-2-5-11(9)21-12-6-3-7-13-15(12)10(18)8-14(22-13)16(19)20/h1-8,10,18H,(H,19,20). The molecule has 1 aliphatic rings. The molecule has 0 saturated carbocycles. The molecule has 112 valence electrons. The molecule has 2 aromatic rings. The Bertz CT molecular complexity index is 769. The number of halogens is 1. The van der Waals surface area contributed by atoms with Crippen LogP contribution in [-0.4, -0.2) is 16.2 Å². The number of benzene rings is 2. The smallest absolute Gasteiger partial charge is 0.371 e. The van der Waals surface area contributed by atoms with Crippen molar-refractivity contribution in [3.63, 3.8) is 0 Å². The molecule has 3 rings (SSSR count). The van der Waals surface area contributed by atoms with E-state index >= 15 is 0 Å². The van der Waals surface area contributed by atoms with Gasteiger partial charge in [0.1, 0.15) is 23.4 Å². The number of fused-ring (bicyclic) bond motifs is 1. The number of carboxylic acid groups (broad SMARTS) is 1. The molecule has 0 amide bonds. The van der Waals surface area contributed by atoms with Crippen LogP contribution in [-0.2, 0) is 4.79 Å². The first-order valence-electron chi connectivity index (χ1n) is 6.42. The summed E-state index contributed by atoms with van der Waals surface area (Å²) in [6.45, 7) is 0. The first kappa shape index (κ1) is 14.6. The first-order chi connectivity index (χ1) is 10.6. The Morgan fingerprint density at radius 2 is 1.86 bits per heavy atom. The lowest BCUT2D eigenvalue weighted by molar-refractivity contribution is -0.135. The summed E-state index contributed by atoms with van der Waals surface area (Å²) in [6.07, 6.45) is 0.0194. The van der Waals surface area contributed by atoms with Crippen molar-refractivity contribution in [2.45, 2.75) is 6.10 Å². The summed E-state index contributed by atoms with van der Waals surface area (Å²) in [5.41, 5.74) is 0.392. The predicted octanol–water partition coefficient (Wildman–Crippen LogP) is 3.64. The summed E-state index contributed by atoms with van der Waals surface area (Å²) in [4.78, 5) is 11.0. The summed E-state index contributed by atoms with van der Waals surface area (Å²) in [6, 6.07) is 12.2. The van der Waals surface area contributed by atoms with Crippen molar-refractivity contribution in [1.82, 2.24) is 0 Å². The number of aliphatic hydroxyl groups excluding tert-OH is 1. The molecule has 1 atom stereocenters. The monoisotopic (exact) mass is 362 g/mol. The van der Waals surface area contributed by atoms with Crippen molar-refractivity contribution in [3.05, 3.63) is 64.3 Å². The average Bonchev–Trinajstić information content (AvgIpc) is 2.49. The van der Waals surface area contributed by atoms with Crippen LogP contribution in [0.3, 0.4) is 0 Å². The van der Waals surface area contributed by atoms with E-state index in [2.05, 4.69) is 15.9 Å². The number of aliphatic carboxylic acids is 1. The molecule has 1 heterocycles. The highest BCUT2D eigenvalue weighted by atomic mass is 79.9. The molecule has 1 unspecified atom stereocenters. The van der Waals surface area contributed by atoms with Crippen molar-refractivity contribution in [2.24, 2.45) is 0 Å². The molecule has 0 aromatic heterocycles. The Balaban J connectivity index is 2.00. The van der Waals surface area contributed by atoms with Gasteiger partial charge in [0.15, 0.2) is 0 Å². The normalized spacial score (nSPS) is 16.3. The van der Waals surface area contributed by atoms with Crippen LogP contribution in [0.4, 0.5) is 0 Å². The number of para-hydroxylation sites is 1. The second-order valence-electron chi connectivity index (χ2n) is 4.58. The number of ether oxygens (including phenoxy) is 2. The van der Waals surface area contributed by atoms with Gasteiger partial charge in [-0.25, -0.2) is 4.79 Å². The second-order valence-corrected chi connectivity index (χ2v) is 5.44. The maximum atomic E-state index is 11.0. The number of carboxylic acids is 1. The van der Waals surface area contributed by atoms with E-state index in [4.69, 9.17) is 14.6 Å². The minimum Gasteiger partial charge on any atom is -0.475 e. The van der Waals surface area contributed by atoms with Gasteiger partial charge in [0.05, 0.1) is 10.0 Å². The van der Waals surface area contributed by atoms with E-state index in [1.54, 1.807) is 24.3 Å². The van der Waals surface area contributed by atoms with Crippen molar-refractivity contribution in [1.29, 1.82) is 0 Å². The second kappa shape index (κ2) is 5.82. The minimum atomic E-state index is -1.23. The summed E-state index contributed by atoms with van der Waals surface area (Å²) < 4.78 is 11.9. The molecule has 0 aliphatic carbocycles. The SMILES string of the molecule is O=C(O)C1=CC(O)c2c(cccc2Oc2ccccc2Br)O1. The molecule has 0 spiro atoms. The molecule has 2 aromatic carbocycles. The number of aliphatic hydroxyl groups is 1. The maximum absolute atomic E-state index is 11.0. The molecule has 2 N–H and O–H groups in total. The van der Waals surface area contributed by atoms with E-state index in [1.807, 2.05) is 18.2 Å². The van der Waals surface area contributed by atoms with E-state index < -0.39 is 12.1 Å². The fourth-order valence-electron chi connectivity index (χ4n) is 2.13. The average molecular weight is 363 g/mol. The van der Waals surface area contributed by atoms with Crippen LogP contribution in [0.25, 0.3) is 0 Å². The molecule has 0 bridgehead atoms. The third-order valence-electron chi connectivity index (χ3n) is 3.12. The highest BCUT2D eigenvalue weighted by Crippen LogP contribution is 2.42. The summed E-state index contributed by atoms with van der Waals surface area (Å²) in [5, 5.41) is 19.2. The summed E-state index contributed by atoms with van der Waals surface area (Å²) >= 11 is 3.39. The maximum Gasteiger partial charge on any atom is 0.371 e. The third-order valence-corrected chi connectivity index (χ3v) is 3.77. The number of hydrogen-bond donors (Lipinski definition) is 2. The molecule has 22 heavy (non-hydrogen) atoms. The van der Waals surface area contributed by atoms with Gasteiger partial charge in [0.2, 0.25) is 5.76 Å². The lowest BCUT2D eigenvalue weighted by Crippen LogP contribution is -2.16. The van der Waals surface area contributed by atoms with Crippen LogP contribution in [0, 0.1) is 0 Å². The van der Waals surface area contributed by atoms with Crippen LogP contribution in [0.5, 0.6) is 17.2 Å². The third kappa shape index (κ3) is 2.70. The molecule has 1 aliphatic heterocycles. The van der Waals surface area contributed by atoms with Crippen molar-refractivity contribution in [2.75, 3.05) is 0 Å². The van der Waals surface area contributed by atoms with Gasteiger partial charge >= 0.3 is 5.97 Å². The van der Waals surface area contributed by atoms with Crippen LogP contribution in [0.1, 0.15) is 11.7 Å². The van der Waals surface area contributed by atoms with Crippen molar-refractivity contribution in [3.8, 4) is 17.2 Å². The molecule has 0 fully saturated rings. The molecule has 0 radical (unpaired) electrons. The Morgan fingerprint density at radius 1 is 1.14 bits per heavy atom. The molecule has 0 saturated heterocycles. The lowest BCUT2D eigenvalue weighted by Gasteiger charge is -2.22. The summed E-state index contributed by atoms with van der Waals surface area (Å²) in [5.74, 6) is -0.300. The topological polar surface area (TPSA) is 76.0 Å². The van der Waals surface area contributed by atoms with Gasteiger partial charge in [0, 0.05) is 0 Å². The van der Waals surface area contributed by atoms with Gasteiger partial charge in [-0.15, -0.1) is 0 Å². The highest BCUT2D eigenvalue weighted by Gasteiger charge is 2.27. The van der Waals surface area contributed by atoms with Crippen molar-refractivity contribution >= 4 is 21.9 Å². The fourth-order valence-corrected chi connectivity index (χ4v) is 2.50. The molecule has 5 nitrogen and oxygen atoms in total. The lowest BCUT2D eigenvalue weighted by atomic mass is 10.0. The van der Waals surface area contributed by atoms with E-state index in [-0.39, 0.29) is 11.5 Å². The van der Waals surface area contributed by atoms with Crippen LogP contribution in [0.2, 0.25) is 0 Å². The predicted molar refractivity (Wildman–Crippen MR) is 82.0 cm³/mol. The van der Waals surface area contributed by atoms with E-state index in [9.17, 15) is 9.90 Å². The fraction of sp³-hybridized carbons (Fsp3) is 0.0625. The molecule has 6 heteroatoms. The van der Waals surface area contributed by atoms with Crippen molar-refractivity contribution < 1.29 is 24.5 Å². The number of hydrogen-bond acceptors (Lipinski definition) is 4. The van der Waals surface area contributed by atoms with E-state index in [0.717, 1.165) is 10.5 Å². The largest absolute Gasteiger partial charge is 0.475 e. The van der Waals surface area contributed by atoms with Gasteiger partial charge < -0.3 is 19.7 Å². The number of carbonyl (C=O) groups is 1. The quantitative estimate of drug-likeness (QED) is 0.871. The van der Waals surface area contributed by atoms with Gasteiger partial charge in [-0.1, -0.05) is 18.2 Å². The van der Waals surface area contributed by atoms with Gasteiger partial charge in [-0.2, -0.15) is 0 Å². The van der Waals surface area contributed by atoms with E-state index in [0.29, 0.717) is 17.1 Å². The van der Waals surface area contributed by atoms with E-state index in [1.165, 1.54) is 0 Å². The van der Waals surface area contributed by atoms with Crippen LogP contribution in [0.15, 0.2) is 58.8 Å². The molecular weight excluding hydrogens is 352 g/mol. The minimum absolute atomic E-state index is 0.261.